The van der Waals surface area contributed by atoms with Gasteiger partial charge in [0.1, 0.15) is 10.2 Å². The molecule has 1 aliphatic rings. The van der Waals surface area contributed by atoms with E-state index in [4.69, 9.17) is 9.47 Å². The molecule has 1 saturated heterocycles. The summed E-state index contributed by atoms with van der Waals surface area (Å²) in [6.45, 7) is 1.51. The normalized spacial score (nSPS) is 19.9. The summed E-state index contributed by atoms with van der Waals surface area (Å²) in [4.78, 5) is 5.67. The highest BCUT2D eigenvalue weighted by molar-refractivity contribution is 9.10. The van der Waals surface area contributed by atoms with Crippen LogP contribution in [-0.2, 0) is 15.1 Å². The number of hydrogen-bond donors (Lipinski definition) is 0. The number of halogens is 1. The van der Waals surface area contributed by atoms with E-state index in [9.17, 15) is 0 Å². The summed E-state index contributed by atoms with van der Waals surface area (Å²) in [5.41, 5.74) is -0.206. The van der Waals surface area contributed by atoms with Crippen LogP contribution in [0, 0.1) is 0 Å². The van der Waals surface area contributed by atoms with Gasteiger partial charge in [-0.2, -0.15) is 0 Å². The SMILES string of the molecule is COC1(c2sc(SC)nc2Br)CCOCC1. The summed E-state index contributed by atoms with van der Waals surface area (Å²) in [7, 11) is 1.77. The highest BCUT2D eigenvalue weighted by Gasteiger charge is 2.38. The highest BCUT2D eigenvalue weighted by atomic mass is 79.9. The Morgan fingerprint density at radius 2 is 2.19 bits per heavy atom. The van der Waals surface area contributed by atoms with Crippen molar-refractivity contribution in [2.45, 2.75) is 22.8 Å². The zero-order valence-electron chi connectivity index (χ0n) is 9.29. The third kappa shape index (κ3) is 2.31. The van der Waals surface area contributed by atoms with Gasteiger partial charge >= 0.3 is 0 Å². The lowest BCUT2D eigenvalue weighted by Gasteiger charge is -2.35. The molecule has 1 aliphatic heterocycles. The number of methoxy groups -OCH3 is 1. The van der Waals surface area contributed by atoms with E-state index in [2.05, 4.69) is 20.9 Å². The molecule has 2 heterocycles. The summed E-state index contributed by atoms with van der Waals surface area (Å²) >= 11 is 6.92. The first-order valence-electron chi connectivity index (χ1n) is 5.05. The molecule has 1 aromatic rings. The van der Waals surface area contributed by atoms with E-state index in [1.807, 2.05) is 6.26 Å². The monoisotopic (exact) mass is 323 g/mol. The minimum atomic E-state index is -0.206. The van der Waals surface area contributed by atoms with Crippen LogP contribution in [0.25, 0.3) is 0 Å². The largest absolute Gasteiger partial charge is 0.381 e. The van der Waals surface area contributed by atoms with E-state index in [0.717, 1.165) is 35.0 Å². The van der Waals surface area contributed by atoms with Crippen molar-refractivity contribution in [2.24, 2.45) is 0 Å². The number of aromatic nitrogens is 1. The van der Waals surface area contributed by atoms with Crippen LogP contribution in [0.3, 0.4) is 0 Å². The van der Waals surface area contributed by atoms with Gasteiger partial charge in [-0.05, 0) is 22.2 Å². The second kappa shape index (κ2) is 5.35. The van der Waals surface area contributed by atoms with Gasteiger partial charge in [-0.1, -0.05) is 11.8 Å². The first kappa shape index (κ1) is 12.8. The third-order valence-corrected chi connectivity index (χ3v) is 5.91. The maximum Gasteiger partial charge on any atom is 0.151 e. The lowest BCUT2D eigenvalue weighted by molar-refractivity contribution is -0.0930. The van der Waals surface area contributed by atoms with Gasteiger partial charge in [-0.25, -0.2) is 4.98 Å². The van der Waals surface area contributed by atoms with Gasteiger partial charge < -0.3 is 9.47 Å². The van der Waals surface area contributed by atoms with Gasteiger partial charge in [-0.15, -0.1) is 11.3 Å². The molecule has 3 nitrogen and oxygen atoms in total. The fourth-order valence-electron chi connectivity index (χ4n) is 1.88. The Morgan fingerprint density at radius 3 is 2.69 bits per heavy atom. The summed E-state index contributed by atoms with van der Waals surface area (Å²) in [6, 6.07) is 0. The molecule has 0 radical (unpaired) electrons. The molecule has 2 rings (SSSR count). The predicted molar refractivity (Wildman–Crippen MR) is 70.3 cm³/mol. The minimum Gasteiger partial charge on any atom is -0.381 e. The fraction of sp³-hybridized carbons (Fsp3) is 0.700. The summed E-state index contributed by atoms with van der Waals surface area (Å²) in [5, 5.41) is 0. The second-order valence-corrected chi connectivity index (χ2v) is 6.42. The number of thiazole rings is 1. The number of thioether (sulfide) groups is 1. The van der Waals surface area contributed by atoms with Crippen LogP contribution in [0.2, 0.25) is 0 Å². The van der Waals surface area contributed by atoms with Crippen molar-refractivity contribution in [3.63, 3.8) is 0 Å². The second-order valence-electron chi connectivity index (χ2n) is 3.61. The van der Waals surface area contributed by atoms with Gasteiger partial charge in [0.25, 0.3) is 0 Å². The lowest BCUT2D eigenvalue weighted by atomic mass is 9.93. The molecule has 0 aromatic carbocycles. The molecule has 0 spiro atoms. The predicted octanol–water partition coefficient (Wildman–Crippen LogP) is 3.28. The molecule has 0 atom stereocenters. The number of rotatable bonds is 3. The fourth-order valence-corrected chi connectivity index (χ4v) is 4.57. The van der Waals surface area contributed by atoms with Crippen LogP contribution in [0.5, 0.6) is 0 Å². The molecule has 0 aliphatic carbocycles. The van der Waals surface area contributed by atoms with E-state index < -0.39 is 0 Å². The quantitative estimate of drug-likeness (QED) is 0.799. The molecule has 16 heavy (non-hydrogen) atoms. The molecule has 0 N–H and O–H groups in total. The van der Waals surface area contributed by atoms with Crippen LogP contribution in [0.15, 0.2) is 8.94 Å². The van der Waals surface area contributed by atoms with E-state index in [1.165, 1.54) is 4.88 Å². The zero-order chi connectivity index (χ0) is 11.6. The Hall–Kier alpha value is 0.380. The van der Waals surface area contributed by atoms with Crippen molar-refractivity contribution in [3.05, 3.63) is 9.48 Å². The average Bonchev–Trinajstić information content (AvgIpc) is 2.72. The Morgan fingerprint density at radius 1 is 1.50 bits per heavy atom. The Balaban J connectivity index is 2.34. The van der Waals surface area contributed by atoms with Crippen LogP contribution in [-0.4, -0.2) is 31.6 Å². The van der Waals surface area contributed by atoms with Crippen molar-refractivity contribution in [2.75, 3.05) is 26.6 Å². The molecule has 0 bridgehead atoms. The van der Waals surface area contributed by atoms with Gasteiger partial charge in [0, 0.05) is 33.2 Å². The molecular formula is C10H14BrNO2S2. The number of hydrogen-bond acceptors (Lipinski definition) is 5. The molecule has 6 heteroatoms. The van der Waals surface area contributed by atoms with Gasteiger partial charge in [0.05, 0.1) is 4.88 Å². The number of nitrogens with zero attached hydrogens (tertiary/aromatic N) is 1. The molecule has 0 unspecified atom stereocenters. The van der Waals surface area contributed by atoms with Gasteiger partial charge in [0.2, 0.25) is 0 Å². The van der Waals surface area contributed by atoms with Crippen LogP contribution < -0.4 is 0 Å². The average molecular weight is 324 g/mol. The first-order valence-corrected chi connectivity index (χ1v) is 7.89. The molecule has 0 amide bonds. The van der Waals surface area contributed by atoms with Crippen molar-refractivity contribution < 1.29 is 9.47 Å². The summed E-state index contributed by atoms with van der Waals surface area (Å²) in [5.74, 6) is 0. The van der Waals surface area contributed by atoms with Crippen molar-refractivity contribution in [1.82, 2.24) is 4.98 Å². The van der Waals surface area contributed by atoms with E-state index in [0.29, 0.717) is 0 Å². The smallest absolute Gasteiger partial charge is 0.151 e. The molecule has 0 saturated carbocycles. The van der Waals surface area contributed by atoms with E-state index >= 15 is 0 Å². The van der Waals surface area contributed by atoms with Crippen molar-refractivity contribution in [3.8, 4) is 0 Å². The Labute approximate surface area is 112 Å². The third-order valence-electron chi connectivity index (χ3n) is 2.85. The van der Waals surface area contributed by atoms with Crippen molar-refractivity contribution >= 4 is 39.0 Å². The maximum absolute atomic E-state index is 5.75. The Bertz CT molecular complexity index is 364. The standard InChI is InChI=1S/C10H14BrNO2S2/c1-13-10(3-5-14-6-4-10)7-8(11)12-9(15-2)16-7/h3-6H2,1-2H3. The lowest BCUT2D eigenvalue weighted by Crippen LogP contribution is -2.35. The summed E-state index contributed by atoms with van der Waals surface area (Å²) < 4.78 is 13.2. The van der Waals surface area contributed by atoms with Crippen LogP contribution >= 0.6 is 39.0 Å². The van der Waals surface area contributed by atoms with Crippen molar-refractivity contribution in [1.29, 1.82) is 0 Å². The van der Waals surface area contributed by atoms with Crippen LogP contribution in [0.4, 0.5) is 0 Å². The minimum absolute atomic E-state index is 0.206. The zero-order valence-corrected chi connectivity index (χ0v) is 12.5. The van der Waals surface area contributed by atoms with Crippen LogP contribution in [0.1, 0.15) is 17.7 Å². The van der Waals surface area contributed by atoms with Gasteiger partial charge in [0.15, 0.2) is 4.34 Å². The molecule has 1 aromatic heterocycles. The summed E-state index contributed by atoms with van der Waals surface area (Å²) in [6.07, 6.45) is 3.84. The Kier molecular flexibility index (Phi) is 4.29. The highest BCUT2D eigenvalue weighted by Crippen LogP contribution is 2.43. The van der Waals surface area contributed by atoms with E-state index in [1.54, 1.807) is 30.2 Å². The topological polar surface area (TPSA) is 31.4 Å². The van der Waals surface area contributed by atoms with E-state index in [-0.39, 0.29) is 5.60 Å². The first-order chi connectivity index (χ1) is 7.72. The maximum atomic E-state index is 5.75. The van der Waals surface area contributed by atoms with Gasteiger partial charge in [-0.3, -0.25) is 0 Å². The number of ether oxygens (including phenoxy) is 2. The molecule has 1 fully saturated rings. The molecular weight excluding hydrogens is 310 g/mol. The molecule has 90 valence electrons.